The molecule has 4 nitrogen and oxygen atoms in total. The number of hydrogen-bond donors (Lipinski definition) is 2. The molecule has 2 fully saturated rings. The third kappa shape index (κ3) is 4.25. The Morgan fingerprint density at radius 1 is 1.33 bits per heavy atom. The zero-order chi connectivity index (χ0) is 12.8. The van der Waals surface area contributed by atoms with Crippen molar-refractivity contribution >= 4 is 5.91 Å². The van der Waals surface area contributed by atoms with Crippen LogP contribution in [0.4, 0.5) is 0 Å². The molecule has 1 unspecified atom stereocenters. The molecule has 2 aliphatic heterocycles. The van der Waals surface area contributed by atoms with Crippen molar-refractivity contribution in [3.05, 3.63) is 0 Å². The highest BCUT2D eigenvalue weighted by molar-refractivity contribution is 5.76. The molecule has 0 aliphatic carbocycles. The second-order valence-corrected chi connectivity index (χ2v) is 5.61. The first-order valence-corrected chi connectivity index (χ1v) is 7.53. The van der Waals surface area contributed by atoms with Crippen molar-refractivity contribution in [1.82, 2.24) is 15.5 Å². The average Bonchev–Trinajstić information content (AvgIpc) is 2.90. The molecule has 0 aromatic carbocycles. The number of amides is 1. The minimum atomic E-state index is 0.249. The van der Waals surface area contributed by atoms with Crippen molar-refractivity contribution in [3.8, 4) is 0 Å². The van der Waals surface area contributed by atoms with Gasteiger partial charge in [-0.15, -0.1) is 0 Å². The summed E-state index contributed by atoms with van der Waals surface area (Å²) in [5, 5.41) is 6.64. The Labute approximate surface area is 110 Å². The van der Waals surface area contributed by atoms with Crippen LogP contribution in [0.25, 0.3) is 0 Å². The quantitative estimate of drug-likeness (QED) is 0.772. The number of piperidine rings is 1. The van der Waals surface area contributed by atoms with Gasteiger partial charge >= 0.3 is 0 Å². The van der Waals surface area contributed by atoms with Crippen LogP contribution in [0.3, 0.4) is 0 Å². The molecule has 18 heavy (non-hydrogen) atoms. The summed E-state index contributed by atoms with van der Waals surface area (Å²) in [6.45, 7) is 6.72. The van der Waals surface area contributed by atoms with Crippen LogP contribution in [0, 0.1) is 0 Å². The fraction of sp³-hybridized carbons (Fsp3) is 0.929. The minimum Gasteiger partial charge on any atom is -0.353 e. The summed E-state index contributed by atoms with van der Waals surface area (Å²) in [5.41, 5.74) is 0. The minimum absolute atomic E-state index is 0.249. The largest absolute Gasteiger partial charge is 0.353 e. The number of nitrogens with zero attached hydrogens (tertiary/aromatic N) is 1. The predicted molar refractivity (Wildman–Crippen MR) is 73.5 cm³/mol. The molecule has 1 amide bonds. The summed E-state index contributed by atoms with van der Waals surface area (Å²) in [6.07, 6.45) is 6.41. The molecule has 2 rings (SSSR count). The van der Waals surface area contributed by atoms with E-state index in [9.17, 15) is 4.79 Å². The van der Waals surface area contributed by atoms with Gasteiger partial charge in [0.05, 0.1) is 0 Å². The van der Waals surface area contributed by atoms with Gasteiger partial charge in [-0.3, -0.25) is 4.79 Å². The van der Waals surface area contributed by atoms with Gasteiger partial charge in [-0.25, -0.2) is 0 Å². The molecule has 104 valence electrons. The van der Waals surface area contributed by atoms with Crippen LogP contribution in [-0.2, 0) is 4.79 Å². The second-order valence-electron chi connectivity index (χ2n) is 5.61. The second kappa shape index (κ2) is 7.10. The maximum absolute atomic E-state index is 11.9. The van der Waals surface area contributed by atoms with Gasteiger partial charge < -0.3 is 15.5 Å². The van der Waals surface area contributed by atoms with E-state index >= 15 is 0 Å². The van der Waals surface area contributed by atoms with Crippen molar-refractivity contribution in [3.63, 3.8) is 0 Å². The fourth-order valence-electron chi connectivity index (χ4n) is 3.00. The van der Waals surface area contributed by atoms with Gasteiger partial charge in [0.1, 0.15) is 0 Å². The van der Waals surface area contributed by atoms with Gasteiger partial charge in [0, 0.05) is 31.6 Å². The Morgan fingerprint density at radius 2 is 2.11 bits per heavy atom. The molecule has 0 aromatic heterocycles. The molecule has 1 atom stereocenters. The summed E-state index contributed by atoms with van der Waals surface area (Å²) >= 11 is 0. The van der Waals surface area contributed by atoms with Crippen LogP contribution < -0.4 is 10.6 Å². The standard InChI is InChI=1S/C14H27N3O/c1-2-17-10-7-13(8-11-17)16-14(18)6-5-12-4-3-9-15-12/h12-13,15H,2-11H2,1H3,(H,16,18). The van der Waals surface area contributed by atoms with Crippen molar-refractivity contribution in [2.24, 2.45) is 0 Å². The number of likely N-dealkylation sites (tertiary alicyclic amines) is 1. The van der Waals surface area contributed by atoms with Crippen molar-refractivity contribution < 1.29 is 4.79 Å². The molecule has 0 saturated carbocycles. The van der Waals surface area contributed by atoms with Crippen molar-refractivity contribution in [2.45, 2.75) is 57.5 Å². The summed E-state index contributed by atoms with van der Waals surface area (Å²) in [7, 11) is 0. The summed E-state index contributed by atoms with van der Waals surface area (Å²) in [6, 6.07) is 0.995. The molecule has 2 saturated heterocycles. The Balaban J connectivity index is 1.59. The molecule has 2 aliphatic rings. The number of carbonyl (C=O) groups excluding carboxylic acids is 1. The third-order valence-electron chi connectivity index (χ3n) is 4.28. The van der Waals surface area contributed by atoms with Gasteiger partial charge in [-0.05, 0) is 45.2 Å². The monoisotopic (exact) mass is 253 g/mol. The lowest BCUT2D eigenvalue weighted by molar-refractivity contribution is -0.122. The molecule has 0 radical (unpaired) electrons. The van der Waals surface area contributed by atoms with E-state index in [2.05, 4.69) is 22.5 Å². The average molecular weight is 253 g/mol. The Kier molecular flexibility index (Phi) is 5.45. The summed E-state index contributed by atoms with van der Waals surface area (Å²) in [4.78, 5) is 14.3. The third-order valence-corrected chi connectivity index (χ3v) is 4.28. The highest BCUT2D eigenvalue weighted by atomic mass is 16.1. The highest BCUT2D eigenvalue weighted by Gasteiger charge is 2.20. The zero-order valence-corrected chi connectivity index (χ0v) is 11.6. The molecule has 0 aromatic rings. The lowest BCUT2D eigenvalue weighted by Crippen LogP contribution is -2.44. The van der Waals surface area contributed by atoms with Crippen molar-refractivity contribution in [1.29, 1.82) is 0 Å². The molecule has 2 N–H and O–H groups in total. The van der Waals surface area contributed by atoms with Crippen LogP contribution in [0.1, 0.15) is 45.4 Å². The van der Waals surface area contributed by atoms with E-state index in [1.54, 1.807) is 0 Å². The normalized spacial score (nSPS) is 26.4. The van der Waals surface area contributed by atoms with Gasteiger partial charge in [-0.2, -0.15) is 0 Å². The van der Waals surface area contributed by atoms with E-state index in [4.69, 9.17) is 0 Å². The zero-order valence-electron chi connectivity index (χ0n) is 11.6. The Morgan fingerprint density at radius 3 is 2.72 bits per heavy atom. The first-order valence-electron chi connectivity index (χ1n) is 7.53. The topological polar surface area (TPSA) is 44.4 Å². The Hall–Kier alpha value is -0.610. The van der Waals surface area contributed by atoms with Gasteiger partial charge in [0.25, 0.3) is 0 Å². The van der Waals surface area contributed by atoms with Crippen molar-refractivity contribution in [2.75, 3.05) is 26.2 Å². The van der Waals surface area contributed by atoms with E-state index in [1.165, 1.54) is 12.8 Å². The van der Waals surface area contributed by atoms with E-state index < -0.39 is 0 Å². The van der Waals surface area contributed by atoms with Gasteiger partial charge in [0.15, 0.2) is 0 Å². The molecule has 4 heteroatoms. The number of rotatable bonds is 5. The lowest BCUT2D eigenvalue weighted by Gasteiger charge is -2.31. The van der Waals surface area contributed by atoms with Gasteiger partial charge in [-0.1, -0.05) is 6.92 Å². The van der Waals surface area contributed by atoms with Crippen LogP contribution >= 0.6 is 0 Å². The van der Waals surface area contributed by atoms with Crippen LogP contribution in [0.5, 0.6) is 0 Å². The van der Waals surface area contributed by atoms with E-state index in [-0.39, 0.29) is 5.91 Å². The first-order chi connectivity index (χ1) is 8.78. The molecule has 0 bridgehead atoms. The number of carbonyl (C=O) groups is 1. The van der Waals surface area contributed by atoms with Crippen LogP contribution in [0.2, 0.25) is 0 Å². The molecular weight excluding hydrogens is 226 g/mol. The SMILES string of the molecule is CCN1CCC(NC(=O)CCC2CCCN2)CC1. The number of nitrogens with one attached hydrogen (secondary N) is 2. The molecule has 2 heterocycles. The van der Waals surface area contributed by atoms with E-state index in [0.29, 0.717) is 18.5 Å². The maximum Gasteiger partial charge on any atom is 0.220 e. The smallest absolute Gasteiger partial charge is 0.220 e. The first kappa shape index (κ1) is 13.8. The molecular formula is C14H27N3O. The van der Waals surface area contributed by atoms with E-state index in [1.807, 2.05) is 0 Å². The van der Waals surface area contributed by atoms with Crippen LogP contribution in [0.15, 0.2) is 0 Å². The van der Waals surface area contributed by atoms with Crippen LogP contribution in [-0.4, -0.2) is 49.1 Å². The summed E-state index contributed by atoms with van der Waals surface area (Å²) in [5.74, 6) is 0.249. The predicted octanol–water partition coefficient (Wildman–Crippen LogP) is 1.12. The fourth-order valence-corrected chi connectivity index (χ4v) is 3.00. The van der Waals surface area contributed by atoms with E-state index in [0.717, 1.165) is 45.4 Å². The molecule has 0 spiro atoms. The lowest BCUT2D eigenvalue weighted by atomic mass is 10.0. The number of hydrogen-bond acceptors (Lipinski definition) is 3. The Bertz CT molecular complexity index is 256. The maximum atomic E-state index is 11.9. The summed E-state index contributed by atoms with van der Waals surface area (Å²) < 4.78 is 0. The highest BCUT2D eigenvalue weighted by Crippen LogP contribution is 2.12. The van der Waals surface area contributed by atoms with Gasteiger partial charge in [0.2, 0.25) is 5.91 Å².